The van der Waals surface area contributed by atoms with E-state index < -0.39 is 12.0 Å². The molecule has 1 aliphatic heterocycles. The normalized spacial score (nSPS) is 16.9. The molecule has 0 unspecified atom stereocenters. The van der Waals surface area contributed by atoms with Crippen molar-refractivity contribution < 1.29 is 19.1 Å². The van der Waals surface area contributed by atoms with Crippen LogP contribution in [0.3, 0.4) is 0 Å². The molecule has 6 nitrogen and oxygen atoms in total. The van der Waals surface area contributed by atoms with Crippen molar-refractivity contribution in [2.75, 3.05) is 24.7 Å². The Morgan fingerprint density at radius 2 is 1.96 bits per heavy atom. The number of benzene rings is 1. The molecule has 1 aromatic rings. The first-order chi connectivity index (χ1) is 12.1. The van der Waals surface area contributed by atoms with E-state index in [1.807, 2.05) is 31.2 Å². The molecule has 0 aliphatic carbocycles. The van der Waals surface area contributed by atoms with Crippen molar-refractivity contribution >= 4 is 23.8 Å². The van der Waals surface area contributed by atoms with Crippen LogP contribution in [-0.2, 0) is 9.53 Å². The molecule has 0 saturated heterocycles. The molecule has 0 fully saturated rings. The average molecular weight is 364 g/mol. The van der Waals surface area contributed by atoms with E-state index in [2.05, 4.69) is 17.6 Å². The molecule has 7 heteroatoms. The lowest BCUT2D eigenvalue weighted by Crippen LogP contribution is -2.45. The molecule has 0 spiro atoms. The van der Waals surface area contributed by atoms with Crippen molar-refractivity contribution in [3.05, 3.63) is 41.1 Å². The van der Waals surface area contributed by atoms with E-state index in [-0.39, 0.29) is 6.03 Å². The van der Waals surface area contributed by atoms with Crippen molar-refractivity contribution in [1.29, 1.82) is 0 Å². The fourth-order valence-corrected chi connectivity index (χ4v) is 3.04. The largest absolute Gasteiger partial charge is 0.494 e. The number of nitrogens with one attached hydrogen (secondary N) is 2. The quantitative estimate of drug-likeness (QED) is 0.548. The van der Waals surface area contributed by atoms with Gasteiger partial charge in [-0.1, -0.05) is 19.1 Å². The number of carbonyl (C=O) groups is 2. The number of carbonyl (C=O) groups excluding carboxylic acids is 2. The van der Waals surface area contributed by atoms with Crippen LogP contribution in [0.5, 0.6) is 5.75 Å². The number of urea groups is 1. The van der Waals surface area contributed by atoms with Crippen LogP contribution in [0.1, 0.15) is 32.4 Å². The number of thioether (sulfide) groups is 1. The Hall–Kier alpha value is -2.15. The molecule has 1 aromatic carbocycles. The molecule has 2 rings (SSSR count). The van der Waals surface area contributed by atoms with Crippen molar-refractivity contribution in [2.45, 2.75) is 26.8 Å². The van der Waals surface area contributed by atoms with E-state index in [9.17, 15) is 9.59 Å². The minimum atomic E-state index is -0.546. The van der Waals surface area contributed by atoms with Gasteiger partial charge in [0.2, 0.25) is 0 Å². The van der Waals surface area contributed by atoms with Crippen molar-refractivity contribution in [2.24, 2.45) is 0 Å². The van der Waals surface area contributed by atoms with Gasteiger partial charge in [0.15, 0.2) is 0 Å². The number of hydrogen-bond acceptors (Lipinski definition) is 5. The fraction of sp³-hybridized carbons (Fsp3) is 0.444. The topological polar surface area (TPSA) is 76.7 Å². The van der Waals surface area contributed by atoms with Gasteiger partial charge in [-0.3, -0.25) is 0 Å². The summed E-state index contributed by atoms with van der Waals surface area (Å²) in [7, 11) is 0. The standard InChI is InChI=1S/C18H24N2O4S/c1-4-23-14-8-6-13(7-9-14)16-15(12(3)19-18(22)20-16)17(21)24-10-11-25-5-2/h6-9,16H,4-5,10-11H2,1-3H3,(H2,19,20,22)/t16-/m0/s1. The Kier molecular flexibility index (Phi) is 7.18. The highest BCUT2D eigenvalue weighted by Gasteiger charge is 2.32. The first-order valence-electron chi connectivity index (χ1n) is 8.32. The van der Waals surface area contributed by atoms with Crippen LogP contribution in [0.2, 0.25) is 0 Å². The number of esters is 1. The smallest absolute Gasteiger partial charge is 0.338 e. The van der Waals surface area contributed by atoms with Gasteiger partial charge in [-0.15, -0.1) is 0 Å². The monoisotopic (exact) mass is 364 g/mol. The molecular weight excluding hydrogens is 340 g/mol. The highest BCUT2D eigenvalue weighted by Crippen LogP contribution is 2.28. The van der Waals surface area contributed by atoms with Gasteiger partial charge in [-0.25, -0.2) is 9.59 Å². The average Bonchev–Trinajstić information content (AvgIpc) is 2.59. The number of allylic oxidation sites excluding steroid dienone is 1. The van der Waals surface area contributed by atoms with Crippen LogP contribution in [0.15, 0.2) is 35.5 Å². The second-order valence-electron chi connectivity index (χ2n) is 5.41. The predicted octanol–water partition coefficient (Wildman–Crippen LogP) is 3.01. The molecule has 2 amide bonds. The lowest BCUT2D eigenvalue weighted by atomic mass is 9.95. The molecule has 1 heterocycles. The highest BCUT2D eigenvalue weighted by atomic mass is 32.2. The fourth-order valence-electron chi connectivity index (χ4n) is 2.55. The Labute approximate surface area is 152 Å². The van der Waals surface area contributed by atoms with Gasteiger partial charge in [0.1, 0.15) is 12.4 Å². The van der Waals surface area contributed by atoms with Gasteiger partial charge in [-0.2, -0.15) is 11.8 Å². The maximum atomic E-state index is 12.5. The lowest BCUT2D eigenvalue weighted by molar-refractivity contribution is -0.138. The summed E-state index contributed by atoms with van der Waals surface area (Å²) in [6, 6.07) is 6.45. The molecule has 25 heavy (non-hydrogen) atoms. The molecule has 136 valence electrons. The van der Waals surface area contributed by atoms with Crippen LogP contribution >= 0.6 is 11.8 Å². The minimum Gasteiger partial charge on any atom is -0.494 e. The summed E-state index contributed by atoms with van der Waals surface area (Å²) in [5, 5.41) is 5.43. The Balaban J connectivity index is 2.19. The lowest BCUT2D eigenvalue weighted by Gasteiger charge is -2.28. The molecular formula is C18H24N2O4S. The summed E-state index contributed by atoms with van der Waals surface area (Å²) < 4.78 is 10.8. The van der Waals surface area contributed by atoms with E-state index >= 15 is 0 Å². The zero-order valence-electron chi connectivity index (χ0n) is 14.8. The third-order valence-electron chi connectivity index (χ3n) is 3.68. The van der Waals surface area contributed by atoms with E-state index in [0.717, 1.165) is 22.8 Å². The molecule has 1 atom stereocenters. The summed E-state index contributed by atoms with van der Waals surface area (Å²) in [5.41, 5.74) is 1.73. The molecule has 0 bridgehead atoms. The third-order valence-corrected chi connectivity index (χ3v) is 4.54. The summed E-state index contributed by atoms with van der Waals surface area (Å²) in [5.74, 6) is 2.06. The molecule has 0 radical (unpaired) electrons. The molecule has 1 aliphatic rings. The van der Waals surface area contributed by atoms with Crippen molar-refractivity contribution in [1.82, 2.24) is 10.6 Å². The Bertz CT molecular complexity index is 643. The second-order valence-corrected chi connectivity index (χ2v) is 6.80. The number of ether oxygens (including phenoxy) is 2. The van der Waals surface area contributed by atoms with E-state index in [1.54, 1.807) is 18.7 Å². The van der Waals surface area contributed by atoms with E-state index in [0.29, 0.717) is 24.5 Å². The molecule has 2 N–H and O–H groups in total. The Morgan fingerprint density at radius 1 is 1.24 bits per heavy atom. The van der Waals surface area contributed by atoms with Crippen LogP contribution < -0.4 is 15.4 Å². The number of amides is 2. The van der Waals surface area contributed by atoms with Gasteiger partial charge < -0.3 is 20.1 Å². The summed E-state index contributed by atoms with van der Waals surface area (Å²) in [6.45, 7) is 6.60. The van der Waals surface area contributed by atoms with E-state index in [1.165, 1.54) is 0 Å². The van der Waals surface area contributed by atoms with Crippen molar-refractivity contribution in [3.8, 4) is 5.75 Å². The first-order valence-corrected chi connectivity index (χ1v) is 9.48. The summed E-state index contributed by atoms with van der Waals surface area (Å²) in [6.07, 6.45) is 0. The third kappa shape index (κ3) is 5.16. The minimum absolute atomic E-state index is 0.338. The van der Waals surface area contributed by atoms with Crippen LogP contribution in [0, 0.1) is 0 Å². The SMILES string of the molecule is CCOc1ccc([C@@H]2NC(=O)NC(C)=C2C(=O)OCCSCC)cc1. The highest BCUT2D eigenvalue weighted by molar-refractivity contribution is 7.99. The van der Waals surface area contributed by atoms with Gasteiger partial charge in [0.25, 0.3) is 0 Å². The first kappa shape index (κ1) is 19.2. The zero-order chi connectivity index (χ0) is 18.2. The predicted molar refractivity (Wildman–Crippen MR) is 98.7 cm³/mol. The molecule has 0 aromatic heterocycles. The van der Waals surface area contributed by atoms with E-state index in [4.69, 9.17) is 9.47 Å². The molecule has 0 saturated carbocycles. The van der Waals surface area contributed by atoms with Crippen LogP contribution in [0.25, 0.3) is 0 Å². The Morgan fingerprint density at radius 3 is 2.60 bits per heavy atom. The maximum absolute atomic E-state index is 12.5. The van der Waals surface area contributed by atoms with Gasteiger partial charge in [0, 0.05) is 11.4 Å². The van der Waals surface area contributed by atoms with Gasteiger partial charge >= 0.3 is 12.0 Å². The zero-order valence-corrected chi connectivity index (χ0v) is 15.6. The number of rotatable bonds is 8. The second kappa shape index (κ2) is 9.36. The van der Waals surface area contributed by atoms with Crippen LogP contribution in [-0.4, -0.2) is 36.7 Å². The van der Waals surface area contributed by atoms with Gasteiger partial charge in [0.05, 0.1) is 18.2 Å². The van der Waals surface area contributed by atoms with Crippen LogP contribution in [0.4, 0.5) is 4.79 Å². The van der Waals surface area contributed by atoms with Gasteiger partial charge in [-0.05, 0) is 37.3 Å². The maximum Gasteiger partial charge on any atom is 0.338 e. The number of hydrogen-bond donors (Lipinski definition) is 2. The summed E-state index contributed by atoms with van der Waals surface area (Å²) >= 11 is 1.71. The van der Waals surface area contributed by atoms with Crippen molar-refractivity contribution in [3.63, 3.8) is 0 Å². The summed E-state index contributed by atoms with van der Waals surface area (Å²) in [4.78, 5) is 24.4.